The van der Waals surface area contributed by atoms with Gasteiger partial charge >= 0.3 is 13.1 Å². The number of benzene rings is 1. The van der Waals surface area contributed by atoms with E-state index < -0.39 is 35.7 Å². The fourth-order valence-electron chi connectivity index (χ4n) is 1.03. The lowest BCUT2D eigenvalue weighted by atomic mass is 9.79. The molecular formula is C8H7BF2O4. The summed E-state index contributed by atoms with van der Waals surface area (Å²) in [5.74, 6) is -3.28. The summed E-state index contributed by atoms with van der Waals surface area (Å²) < 4.78 is 30.2. The van der Waals surface area contributed by atoms with Crippen molar-refractivity contribution < 1.29 is 28.4 Å². The van der Waals surface area contributed by atoms with Gasteiger partial charge in [-0.25, -0.2) is 13.6 Å². The Bertz CT molecular complexity index is 394. The number of carbonyl (C=O) groups excluding carboxylic acids is 1. The van der Waals surface area contributed by atoms with Gasteiger partial charge in [-0.05, 0) is 6.07 Å². The van der Waals surface area contributed by atoms with Gasteiger partial charge in [-0.15, -0.1) is 0 Å². The maximum atomic E-state index is 13.0. The molecule has 1 aromatic carbocycles. The molecule has 7 heteroatoms. The van der Waals surface area contributed by atoms with Crippen molar-refractivity contribution in [2.24, 2.45) is 0 Å². The van der Waals surface area contributed by atoms with Crippen molar-refractivity contribution in [1.29, 1.82) is 0 Å². The van der Waals surface area contributed by atoms with E-state index in [4.69, 9.17) is 10.0 Å². The van der Waals surface area contributed by atoms with Crippen LogP contribution in [0.4, 0.5) is 8.78 Å². The van der Waals surface area contributed by atoms with Crippen LogP contribution in [0.15, 0.2) is 12.1 Å². The molecule has 0 saturated carbocycles. The van der Waals surface area contributed by atoms with Gasteiger partial charge in [0.1, 0.15) is 11.6 Å². The zero-order chi connectivity index (χ0) is 11.6. The molecular weight excluding hydrogens is 209 g/mol. The fraction of sp³-hybridized carbons (Fsp3) is 0.125. The molecule has 80 valence electrons. The number of ether oxygens (including phenoxy) is 1. The van der Waals surface area contributed by atoms with Crippen LogP contribution in [0.2, 0.25) is 0 Å². The number of hydrogen-bond acceptors (Lipinski definition) is 4. The van der Waals surface area contributed by atoms with E-state index in [1.807, 2.05) is 0 Å². The van der Waals surface area contributed by atoms with Gasteiger partial charge in [0.15, 0.2) is 0 Å². The van der Waals surface area contributed by atoms with Crippen LogP contribution in [0.5, 0.6) is 0 Å². The first-order valence-electron chi connectivity index (χ1n) is 3.90. The Kier molecular flexibility index (Phi) is 3.38. The second-order valence-corrected chi connectivity index (χ2v) is 2.72. The van der Waals surface area contributed by atoms with E-state index in [0.29, 0.717) is 12.1 Å². The number of hydrogen-bond donors (Lipinski definition) is 2. The molecule has 0 aromatic heterocycles. The minimum absolute atomic E-state index is 0.390. The highest BCUT2D eigenvalue weighted by molar-refractivity contribution is 6.58. The Morgan fingerprint density at radius 1 is 1.33 bits per heavy atom. The maximum absolute atomic E-state index is 13.0. The number of rotatable bonds is 2. The maximum Gasteiger partial charge on any atom is 0.491 e. The molecule has 0 amide bonds. The van der Waals surface area contributed by atoms with E-state index in [-0.39, 0.29) is 0 Å². The molecule has 15 heavy (non-hydrogen) atoms. The van der Waals surface area contributed by atoms with Crippen LogP contribution >= 0.6 is 0 Å². The molecule has 1 aromatic rings. The fourth-order valence-corrected chi connectivity index (χ4v) is 1.03. The second kappa shape index (κ2) is 4.37. The van der Waals surface area contributed by atoms with Gasteiger partial charge in [-0.2, -0.15) is 0 Å². The van der Waals surface area contributed by atoms with E-state index in [1.54, 1.807) is 0 Å². The highest BCUT2D eigenvalue weighted by atomic mass is 19.1. The Hall–Kier alpha value is -1.47. The summed E-state index contributed by atoms with van der Waals surface area (Å²) in [6, 6.07) is 1.09. The molecule has 0 spiro atoms. The molecule has 0 heterocycles. The van der Waals surface area contributed by atoms with Crippen LogP contribution in [0.1, 0.15) is 10.4 Å². The number of esters is 1. The Balaban J connectivity index is 3.29. The molecule has 4 nitrogen and oxygen atoms in total. The summed E-state index contributed by atoms with van der Waals surface area (Å²) in [6.45, 7) is 0. The Morgan fingerprint density at radius 3 is 2.40 bits per heavy atom. The van der Waals surface area contributed by atoms with Gasteiger partial charge in [0, 0.05) is 11.5 Å². The van der Waals surface area contributed by atoms with Crippen LogP contribution in [-0.2, 0) is 4.74 Å². The van der Waals surface area contributed by atoms with Crippen molar-refractivity contribution in [3.63, 3.8) is 0 Å². The van der Waals surface area contributed by atoms with Gasteiger partial charge in [0.05, 0.1) is 12.7 Å². The van der Waals surface area contributed by atoms with E-state index >= 15 is 0 Å². The third-order valence-electron chi connectivity index (χ3n) is 1.77. The SMILES string of the molecule is COC(=O)c1cc(B(O)O)c(F)cc1F. The molecule has 1 rings (SSSR count). The summed E-state index contributed by atoms with van der Waals surface area (Å²) in [4.78, 5) is 11.0. The highest BCUT2D eigenvalue weighted by Gasteiger charge is 2.22. The summed E-state index contributed by atoms with van der Waals surface area (Å²) in [5, 5.41) is 17.4. The lowest BCUT2D eigenvalue weighted by Gasteiger charge is -2.05. The van der Waals surface area contributed by atoms with E-state index in [2.05, 4.69) is 4.74 Å². The average Bonchev–Trinajstić information content (AvgIpc) is 2.16. The zero-order valence-corrected chi connectivity index (χ0v) is 7.70. The van der Waals surface area contributed by atoms with Crippen LogP contribution in [0.3, 0.4) is 0 Å². The van der Waals surface area contributed by atoms with Crippen molar-refractivity contribution in [2.75, 3.05) is 7.11 Å². The first-order chi connectivity index (χ1) is 6.97. The quantitative estimate of drug-likeness (QED) is 0.513. The van der Waals surface area contributed by atoms with Gasteiger partial charge in [0.2, 0.25) is 0 Å². The van der Waals surface area contributed by atoms with Gasteiger partial charge in [-0.1, -0.05) is 0 Å². The van der Waals surface area contributed by atoms with Crippen molar-refractivity contribution in [2.45, 2.75) is 0 Å². The van der Waals surface area contributed by atoms with Gasteiger partial charge in [-0.3, -0.25) is 0 Å². The predicted octanol–water partition coefficient (Wildman–Crippen LogP) is -0.569. The normalized spacial score (nSPS) is 9.93. The summed E-state index contributed by atoms with van der Waals surface area (Å²) in [5.41, 5.74) is -1.14. The molecule has 0 unspecified atom stereocenters. The standard InChI is InChI=1S/C8H7BF2O4/c1-15-8(12)4-2-5(9(13)14)7(11)3-6(4)10/h2-3,13-14H,1H3. The molecule has 0 saturated heterocycles. The van der Waals surface area contributed by atoms with Crippen molar-refractivity contribution in [3.05, 3.63) is 29.3 Å². The minimum atomic E-state index is -2.12. The third-order valence-corrected chi connectivity index (χ3v) is 1.77. The summed E-state index contributed by atoms with van der Waals surface area (Å²) >= 11 is 0. The lowest BCUT2D eigenvalue weighted by molar-refractivity contribution is 0.0595. The van der Waals surface area contributed by atoms with Crippen LogP contribution in [-0.4, -0.2) is 30.2 Å². The van der Waals surface area contributed by atoms with Crippen molar-refractivity contribution >= 4 is 18.6 Å². The van der Waals surface area contributed by atoms with Crippen molar-refractivity contribution in [3.8, 4) is 0 Å². The van der Waals surface area contributed by atoms with Crippen LogP contribution < -0.4 is 5.46 Å². The Morgan fingerprint density at radius 2 is 1.93 bits per heavy atom. The monoisotopic (exact) mass is 216 g/mol. The lowest BCUT2D eigenvalue weighted by Crippen LogP contribution is -2.34. The largest absolute Gasteiger partial charge is 0.491 e. The van der Waals surface area contributed by atoms with Gasteiger partial charge < -0.3 is 14.8 Å². The molecule has 0 atom stereocenters. The number of carbonyl (C=O) groups is 1. The highest BCUT2D eigenvalue weighted by Crippen LogP contribution is 2.09. The smallest absolute Gasteiger partial charge is 0.465 e. The van der Waals surface area contributed by atoms with E-state index in [9.17, 15) is 13.6 Å². The molecule has 0 fully saturated rings. The number of halogens is 2. The summed E-state index contributed by atoms with van der Waals surface area (Å²) in [7, 11) is -1.09. The molecule has 0 aliphatic carbocycles. The molecule has 0 aliphatic rings. The zero-order valence-electron chi connectivity index (χ0n) is 7.70. The minimum Gasteiger partial charge on any atom is -0.465 e. The van der Waals surface area contributed by atoms with Crippen LogP contribution in [0.25, 0.3) is 0 Å². The predicted molar refractivity (Wildman–Crippen MR) is 47.5 cm³/mol. The molecule has 0 bridgehead atoms. The van der Waals surface area contributed by atoms with E-state index in [0.717, 1.165) is 7.11 Å². The topological polar surface area (TPSA) is 66.8 Å². The molecule has 2 N–H and O–H groups in total. The first kappa shape index (κ1) is 11.6. The summed E-state index contributed by atoms with van der Waals surface area (Å²) in [6.07, 6.45) is 0. The second-order valence-electron chi connectivity index (χ2n) is 2.72. The van der Waals surface area contributed by atoms with E-state index in [1.165, 1.54) is 0 Å². The van der Waals surface area contributed by atoms with Crippen LogP contribution in [0, 0.1) is 11.6 Å². The number of methoxy groups -OCH3 is 1. The van der Waals surface area contributed by atoms with Crippen molar-refractivity contribution in [1.82, 2.24) is 0 Å². The molecule has 0 radical (unpaired) electrons. The average molecular weight is 216 g/mol. The van der Waals surface area contributed by atoms with Gasteiger partial charge in [0.25, 0.3) is 0 Å². The third kappa shape index (κ3) is 2.31. The first-order valence-corrected chi connectivity index (χ1v) is 3.90. The molecule has 0 aliphatic heterocycles. The Labute approximate surface area is 84.2 Å².